The molecule has 0 aromatic carbocycles. The van der Waals surface area contributed by atoms with Crippen molar-refractivity contribution >= 4 is 23.5 Å². The number of H-pyrrole nitrogens is 1. The minimum atomic E-state index is -1.24. The summed E-state index contributed by atoms with van der Waals surface area (Å²) in [7, 11) is 0. The third-order valence-corrected chi connectivity index (χ3v) is 6.02. The molecule has 0 saturated heterocycles. The van der Waals surface area contributed by atoms with Gasteiger partial charge in [0, 0.05) is 35.5 Å². The van der Waals surface area contributed by atoms with Gasteiger partial charge in [0.2, 0.25) is 5.95 Å². The fourth-order valence-corrected chi connectivity index (χ4v) is 4.28. The van der Waals surface area contributed by atoms with E-state index in [1.54, 1.807) is 22.9 Å². The van der Waals surface area contributed by atoms with E-state index in [9.17, 15) is 14.4 Å². The Bertz CT molecular complexity index is 1220. The van der Waals surface area contributed by atoms with E-state index in [-0.39, 0.29) is 18.4 Å². The molecule has 10 nitrogen and oxygen atoms in total. The summed E-state index contributed by atoms with van der Waals surface area (Å²) in [5, 5.41) is 22.3. The van der Waals surface area contributed by atoms with Gasteiger partial charge in [0.15, 0.2) is 11.5 Å². The minimum Gasteiger partial charge on any atom is -0.443 e. The van der Waals surface area contributed by atoms with Crippen molar-refractivity contribution in [2.24, 2.45) is 0 Å². The Morgan fingerprint density at radius 3 is 2.91 bits per heavy atom. The van der Waals surface area contributed by atoms with Gasteiger partial charge in [-0.15, -0.1) is 0 Å². The molecule has 3 N–H and O–H groups in total. The molecule has 172 valence electrons. The first-order chi connectivity index (χ1) is 15.9. The van der Waals surface area contributed by atoms with Gasteiger partial charge >= 0.3 is 6.09 Å². The third-order valence-electron chi connectivity index (χ3n) is 6.02. The number of carbonyl (C=O) groups excluding carboxylic acids is 1. The van der Waals surface area contributed by atoms with E-state index >= 15 is 0 Å². The number of nitrogens with zero attached hydrogens (tertiary/aromatic N) is 5. The molecule has 0 aliphatic heterocycles. The van der Waals surface area contributed by atoms with Crippen LogP contribution in [-0.4, -0.2) is 49.0 Å². The first-order valence-electron chi connectivity index (χ1n) is 11.1. The van der Waals surface area contributed by atoms with Gasteiger partial charge in [0.25, 0.3) is 0 Å². The summed E-state index contributed by atoms with van der Waals surface area (Å²) in [5.74, 6) is 1.29. The molecule has 0 radical (unpaired) electrons. The van der Waals surface area contributed by atoms with E-state index in [0.29, 0.717) is 29.8 Å². The van der Waals surface area contributed by atoms with Crippen LogP contribution < -0.4 is 10.6 Å². The van der Waals surface area contributed by atoms with Crippen LogP contribution in [-0.2, 0) is 4.74 Å². The molecule has 3 atom stereocenters. The predicted molar refractivity (Wildman–Crippen MR) is 117 cm³/mol. The number of anilines is 2. The molecule has 0 unspecified atom stereocenters. The average molecular weight is 452 g/mol. The van der Waals surface area contributed by atoms with Gasteiger partial charge in [-0.05, 0) is 45.4 Å². The maximum atomic E-state index is 14.5. The van der Waals surface area contributed by atoms with Crippen molar-refractivity contribution in [1.82, 2.24) is 29.9 Å². The Morgan fingerprint density at radius 1 is 1.36 bits per heavy atom. The van der Waals surface area contributed by atoms with Crippen molar-refractivity contribution in [3.05, 3.63) is 35.4 Å². The first-order valence-corrected chi connectivity index (χ1v) is 11.1. The zero-order valence-corrected chi connectivity index (χ0v) is 18.4. The highest BCUT2D eigenvalue weighted by Gasteiger charge is 2.39. The van der Waals surface area contributed by atoms with Crippen LogP contribution in [0.3, 0.4) is 0 Å². The molecule has 2 fully saturated rings. The highest BCUT2D eigenvalue weighted by Crippen LogP contribution is 2.42. The maximum Gasteiger partial charge on any atom is 0.407 e. The van der Waals surface area contributed by atoms with Crippen LogP contribution in [0.25, 0.3) is 5.65 Å². The zero-order chi connectivity index (χ0) is 23.1. The van der Waals surface area contributed by atoms with Crippen LogP contribution in [0.4, 0.5) is 21.0 Å². The van der Waals surface area contributed by atoms with E-state index in [2.05, 4.69) is 36.9 Å². The molecule has 3 heterocycles. The fraction of sp³-hybridized carbons (Fsp3) is 0.500. The van der Waals surface area contributed by atoms with Gasteiger partial charge < -0.3 is 15.4 Å². The number of halogens is 1. The fourth-order valence-electron chi connectivity index (χ4n) is 4.28. The smallest absolute Gasteiger partial charge is 0.407 e. The highest BCUT2D eigenvalue weighted by molar-refractivity contribution is 5.67. The lowest BCUT2D eigenvalue weighted by molar-refractivity contribution is 0.0593. The molecule has 2 aliphatic carbocycles. The summed E-state index contributed by atoms with van der Waals surface area (Å²) in [6.07, 6.45) is 3.63. The topological polar surface area (TPSA) is 133 Å². The van der Waals surface area contributed by atoms with E-state index in [0.717, 1.165) is 29.7 Å². The molecular weight excluding hydrogens is 427 g/mol. The summed E-state index contributed by atoms with van der Waals surface area (Å²) in [6, 6.07) is 3.81. The molecular formula is C22H25FN8O2. The lowest BCUT2D eigenvalue weighted by Crippen LogP contribution is -2.35. The van der Waals surface area contributed by atoms with Gasteiger partial charge in [-0.3, -0.25) is 9.50 Å². The van der Waals surface area contributed by atoms with Crippen molar-refractivity contribution in [1.29, 1.82) is 5.26 Å². The first kappa shape index (κ1) is 21.2. The number of nitriles is 1. The Kier molecular flexibility index (Phi) is 5.36. The number of amides is 1. The number of ether oxygens (including phenoxy) is 1. The monoisotopic (exact) mass is 452 g/mol. The molecule has 0 bridgehead atoms. The maximum absolute atomic E-state index is 14.5. The van der Waals surface area contributed by atoms with E-state index in [4.69, 9.17) is 4.74 Å². The van der Waals surface area contributed by atoms with Crippen LogP contribution in [0.15, 0.2) is 18.5 Å². The SMILES string of the molecule is CC(C)NC(=O)O[C@H]1C[C@@H](c2cc(Nc3ncc(C4CC4)c4nc(C#N)cn34)n[nH]2)C[C@H]1F. The van der Waals surface area contributed by atoms with Crippen molar-refractivity contribution in [2.75, 3.05) is 5.32 Å². The largest absolute Gasteiger partial charge is 0.443 e. The van der Waals surface area contributed by atoms with Crippen LogP contribution in [0.5, 0.6) is 0 Å². The molecule has 3 aromatic heterocycles. The summed E-state index contributed by atoms with van der Waals surface area (Å²) < 4.78 is 21.5. The summed E-state index contributed by atoms with van der Waals surface area (Å²) >= 11 is 0. The van der Waals surface area contributed by atoms with Crippen molar-refractivity contribution in [3.63, 3.8) is 0 Å². The van der Waals surface area contributed by atoms with Crippen LogP contribution >= 0.6 is 0 Å². The zero-order valence-electron chi connectivity index (χ0n) is 18.4. The second kappa shape index (κ2) is 8.35. The number of fused-ring (bicyclic) bond motifs is 1. The molecule has 3 aromatic rings. The molecule has 33 heavy (non-hydrogen) atoms. The molecule has 1 amide bonds. The number of aromatic amines is 1. The van der Waals surface area contributed by atoms with E-state index < -0.39 is 18.4 Å². The number of alkyl carbamates (subject to hydrolysis) is 1. The number of aromatic nitrogens is 5. The Hall–Kier alpha value is -3.68. The van der Waals surface area contributed by atoms with Gasteiger partial charge in [-0.25, -0.2) is 19.2 Å². The highest BCUT2D eigenvalue weighted by atomic mass is 19.1. The number of alkyl halides is 1. The minimum absolute atomic E-state index is 0.0767. The average Bonchev–Trinajstić information content (AvgIpc) is 3.17. The molecule has 2 saturated carbocycles. The quantitative estimate of drug-likeness (QED) is 0.520. The molecule has 2 aliphatic rings. The predicted octanol–water partition coefficient (Wildman–Crippen LogP) is 3.66. The van der Waals surface area contributed by atoms with Crippen LogP contribution in [0.2, 0.25) is 0 Å². The Labute approximate surface area is 189 Å². The summed E-state index contributed by atoms with van der Waals surface area (Å²) in [6.45, 7) is 3.63. The summed E-state index contributed by atoms with van der Waals surface area (Å²) in [5.41, 5.74) is 2.84. The molecule has 5 rings (SSSR count). The second-order valence-corrected chi connectivity index (χ2v) is 9.00. The van der Waals surface area contributed by atoms with Gasteiger partial charge in [-0.1, -0.05) is 0 Å². The Balaban J connectivity index is 1.30. The van der Waals surface area contributed by atoms with Crippen LogP contribution in [0, 0.1) is 11.3 Å². The number of hydrogen-bond donors (Lipinski definition) is 3. The van der Waals surface area contributed by atoms with Crippen LogP contribution in [0.1, 0.15) is 68.3 Å². The Morgan fingerprint density at radius 2 is 2.18 bits per heavy atom. The van der Waals surface area contributed by atoms with Crippen molar-refractivity contribution < 1.29 is 13.9 Å². The van der Waals surface area contributed by atoms with Gasteiger partial charge in [-0.2, -0.15) is 10.4 Å². The normalized spacial score (nSPS) is 22.5. The van der Waals surface area contributed by atoms with Gasteiger partial charge in [0.1, 0.15) is 24.0 Å². The second-order valence-electron chi connectivity index (χ2n) is 9.00. The van der Waals surface area contributed by atoms with E-state index in [1.165, 1.54) is 0 Å². The lowest BCUT2D eigenvalue weighted by atomic mass is 10.0. The number of imidazole rings is 1. The lowest BCUT2D eigenvalue weighted by Gasteiger charge is -2.16. The number of nitrogens with one attached hydrogen (secondary N) is 3. The number of carbonyl (C=O) groups is 1. The third kappa shape index (κ3) is 4.33. The molecule has 0 spiro atoms. The molecule has 11 heteroatoms. The number of rotatable bonds is 6. The van der Waals surface area contributed by atoms with Crippen molar-refractivity contribution in [3.8, 4) is 6.07 Å². The van der Waals surface area contributed by atoms with Crippen molar-refractivity contribution in [2.45, 2.75) is 69.7 Å². The van der Waals surface area contributed by atoms with E-state index in [1.807, 2.05) is 13.8 Å². The standard InChI is InChI=1S/C22H25FN8O2/c1-11(2)26-22(32)33-18-6-13(5-16(18)23)17-7-19(30-29-17)28-21-25-9-15(12-3-4-12)20-27-14(8-24)10-31(20)21/h7,9-13,16,18H,3-6H2,1-2H3,(H,26,32)(H2,25,28,29,30)/t13-,16+,18-/m0/s1. The number of hydrogen-bond acceptors (Lipinski definition) is 7. The van der Waals surface area contributed by atoms with Gasteiger partial charge in [0.05, 0.1) is 6.20 Å². The summed E-state index contributed by atoms with van der Waals surface area (Å²) in [4.78, 5) is 20.8.